The third-order valence-electron chi connectivity index (χ3n) is 31.3. The molecular weight excluding hydrogens is 1170 g/mol. The minimum Gasteiger partial charge on any atom is -0.0654 e. The first kappa shape index (κ1) is 97.0. The van der Waals surface area contributed by atoms with Gasteiger partial charge in [0.05, 0.1) is 0 Å². The van der Waals surface area contributed by atoms with Crippen molar-refractivity contribution in [3.8, 4) is 0 Å². The average Bonchev–Trinajstić information content (AvgIpc) is 0.689. The van der Waals surface area contributed by atoms with Crippen LogP contribution in [0.2, 0.25) is 0 Å². The van der Waals surface area contributed by atoms with Crippen molar-refractivity contribution in [3.63, 3.8) is 0 Å². The Bertz CT molecular complexity index is 1810. The Balaban J connectivity index is 11.9. The van der Waals surface area contributed by atoms with Gasteiger partial charge in [0.25, 0.3) is 0 Å². The maximum Gasteiger partial charge on any atom is -0.0181 e. The molecule has 0 fully saturated rings. The van der Waals surface area contributed by atoms with E-state index in [1.54, 1.807) is 0 Å². The Kier molecular flexibility index (Phi) is 51.3. The summed E-state index contributed by atoms with van der Waals surface area (Å²) in [4.78, 5) is 0. The third-order valence-corrected chi connectivity index (χ3v) is 31.3. The molecule has 0 nitrogen and oxygen atoms in total. The van der Waals surface area contributed by atoms with Crippen molar-refractivity contribution >= 4 is 0 Å². The van der Waals surface area contributed by atoms with E-state index < -0.39 is 0 Å². The van der Waals surface area contributed by atoms with E-state index in [0.717, 1.165) is 53.3 Å². The average molecular weight is 1360 g/mol. The van der Waals surface area contributed by atoms with Crippen molar-refractivity contribution in [2.75, 3.05) is 0 Å². The van der Waals surface area contributed by atoms with E-state index >= 15 is 0 Å². The minimum atomic E-state index is 0.109. The van der Waals surface area contributed by atoms with E-state index in [4.69, 9.17) is 0 Å². The van der Waals surface area contributed by atoms with Crippen LogP contribution in [0.5, 0.6) is 0 Å². The molecule has 0 heterocycles. The first-order valence-electron chi connectivity index (χ1n) is 46.0. The van der Waals surface area contributed by atoms with Gasteiger partial charge in [0.2, 0.25) is 0 Å². The lowest BCUT2D eigenvalue weighted by molar-refractivity contribution is -0.226. The quantitative estimate of drug-likeness (QED) is 0.0533. The zero-order valence-corrected chi connectivity index (χ0v) is 74.1. The Morgan fingerprint density at radius 1 is 0.289 bits per heavy atom. The highest BCUT2D eigenvalue weighted by Gasteiger charge is 2.68. The van der Waals surface area contributed by atoms with Crippen LogP contribution in [-0.2, 0) is 0 Å². The summed E-state index contributed by atoms with van der Waals surface area (Å²) in [6.45, 7) is 81.0. The van der Waals surface area contributed by atoms with Crippen molar-refractivity contribution in [2.24, 2.45) is 121 Å². The standard InChI is InChI=1S/C97H196/c1-31-51-54-64-91(27,28)81(25)69-87(44-14)70-90(61-60-84(40-10)41-11)95(67-62-85(42-12)56-34-4,74-86(43-13)58-52-32-2)97(50-20,66-55-59-83(38-8)39-9)96(73-80(24)88(45-15)46-16,76-92(29,48-18)63-36-6)82(26)94(71-78(22)68-77(21)37-7,72-79(23)89(47-17)57-35-5)75-93(30,49-19)65-53-33-3/h77-90H,31-76H2,1-30H3. The molecule has 0 aromatic rings. The molecule has 0 aromatic heterocycles. The minimum absolute atomic E-state index is 0.109. The third kappa shape index (κ3) is 30.1. The summed E-state index contributed by atoms with van der Waals surface area (Å²) in [5.41, 5.74) is 1.54. The lowest BCUT2D eigenvalue weighted by Crippen LogP contribution is -2.64. The second kappa shape index (κ2) is 51.3. The fourth-order valence-corrected chi connectivity index (χ4v) is 23.6. The van der Waals surface area contributed by atoms with E-state index in [9.17, 15) is 0 Å². The van der Waals surface area contributed by atoms with Gasteiger partial charge in [0.15, 0.2) is 0 Å². The van der Waals surface area contributed by atoms with Crippen molar-refractivity contribution < 1.29 is 0 Å². The normalized spacial score (nSPS) is 20.0. The largest absolute Gasteiger partial charge is 0.0654 e. The van der Waals surface area contributed by atoms with Gasteiger partial charge in [-0.05, 0) is 230 Å². The van der Waals surface area contributed by atoms with Gasteiger partial charge in [-0.1, -0.05) is 394 Å². The Morgan fingerprint density at radius 2 is 0.814 bits per heavy atom. The van der Waals surface area contributed by atoms with E-state index in [2.05, 4.69) is 208 Å². The van der Waals surface area contributed by atoms with E-state index in [0.29, 0.717) is 40.4 Å². The lowest BCUT2D eigenvalue weighted by Gasteiger charge is -2.71. The van der Waals surface area contributed by atoms with Crippen molar-refractivity contribution in [1.82, 2.24) is 0 Å². The predicted molar refractivity (Wildman–Crippen MR) is 448 cm³/mol. The van der Waals surface area contributed by atoms with Crippen LogP contribution in [-0.4, -0.2) is 0 Å². The van der Waals surface area contributed by atoms with Crippen LogP contribution < -0.4 is 0 Å². The molecular formula is C97H196. The van der Waals surface area contributed by atoms with Crippen molar-refractivity contribution in [1.29, 1.82) is 0 Å². The Hall–Kier alpha value is 0. The Labute approximate surface area is 620 Å². The molecule has 0 amide bonds. The molecule has 97 heavy (non-hydrogen) atoms. The molecule has 0 spiro atoms. The van der Waals surface area contributed by atoms with Gasteiger partial charge in [-0.25, -0.2) is 0 Å². The second-order valence-electron chi connectivity index (χ2n) is 38.2. The Morgan fingerprint density at radius 3 is 1.30 bits per heavy atom. The van der Waals surface area contributed by atoms with Gasteiger partial charge in [-0.2, -0.15) is 0 Å². The van der Waals surface area contributed by atoms with Gasteiger partial charge in [0, 0.05) is 0 Å². The molecule has 0 rings (SSSR count). The maximum absolute atomic E-state index is 3.22. The van der Waals surface area contributed by atoms with Crippen molar-refractivity contribution in [3.05, 3.63) is 0 Å². The molecule has 0 aliphatic rings. The highest BCUT2D eigenvalue weighted by Crippen LogP contribution is 2.76. The number of rotatable bonds is 66. The van der Waals surface area contributed by atoms with Gasteiger partial charge < -0.3 is 0 Å². The highest BCUT2D eigenvalue weighted by atomic mass is 14.7. The first-order valence-corrected chi connectivity index (χ1v) is 46.0. The number of hydrogen-bond donors (Lipinski definition) is 0. The summed E-state index contributed by atoms with van der Waals surface area (Å²) >= 11 is 0. The second-order valence-corrected chi connectivity index (χ2v) is 38.2. The summed E-state index contributed by atoms with van der Waals surface area (Å²) in [7, 11) is 0. The smallest absolute Gasteiger partial charge is 0.0181 e. The first-order chi connectivity index (χ1) is 46.0. The number of hydrogen-bond acceptors (Lipinski definition) is 0. The molecule has 0 saturated heterocycles. The molecule has 0 radical (unpaired) electrons. The predicted octanol–water partition coefficient (Wildman–Crippen LogP) is 35.1. The summed E-state index contributed by atoms with van der Waals surface area (Å²) in [5.74, 6) is 10.3. The van der Waals surface area contributed by atoms with Crippen LogP contribution in [0.3, 0.4) is 0 Å². The van der Waals surface area contributed by atoms with Crippen molar-refractivity contribution in [2.45, 2.75) is 503 Å². The molecule has 0 aliphatic carbocycles. The van der Waals surface area contributed by atoms with E-state index in [1.807, 2.05) is 0 Å². The lowest BCUT2D eigenvalue weighted by atomic mass is 9.33. The summed E-state index contributed by atoms with van der Waals surface area (Å²) in [5, 5.41) is 0. The molecule has 0 heteroatoms. The van der Waals surface area contributed by atoms with Gasteiger partial charge in [0.1, 0.15) is 0 Å². The summed E-state index contributed by atoms with van der Waals surface area (Å²) in [6.07, 6.45) is 63.6. The summed E-state index contributed by atoms with van der Waals surface area (Å²) < 4.78 is 0. The molecule has 17 unspecified atom stereocenters. The fourth-order valence-electron chi connectivity index (χ4n) is 23.6. The van der Waals surface area contributed by atoms with E-state index in [1.165, 1.54) is 295 Å². The van der Waals surface area contributed by atoms with Crippen LogP contribution in [0.25, 0.3) is 0 Å². The highest BCUT2D eigenvalue weighted by molar-refractivity contribution is 5.17. The monoisotopic (exact) mass is 1360 g/mol. The van der Waals surface area contributed by atoms with E-state index in [-0.39, 0.29) is 27.1 Å². The van der Waals surface area contributed by atoms with Gasteiger partial charge >= 0.3 is 0 Å². The fraction of sp³-hybridized carbons (Fsp3) is 1.00. The molecule has 0 aliphatic heterocycles. The van der Waals surface area contributed by atoms with Crippen LogP contribution in [0.1, 0.15) is 503 Å². The topological polar surface area (TPSA) is 0 Å². The zero-order valence-electron chi connectivity index (χ0n) is 74.1. The van der Waals surface area contributed by atoms with Crippen LogP contribution in [0.15, 0.2) is 0 Å². The van der Waals surface area contributed by atoms with Gasteiger partial charge in [-0.15, -0.1) is 0 Å². The summed E-state index contributed by atoms with van der Waals surface area (Å²) in [6, 6.07) is 0. The molecule has 0 bridgehead atoms. The SMILES string of the molecule is CCCCCC(C)(C)C(C)CC(CC)CC(CCC(CC)CC)C(CCC(CC)CCC)(CC(CC)CCCC)C(CC)(CCCC(CC)CC)C(CC(C)C(CC)CC)(CC(C)(CC)CCC)C(C)C(CC(C)CC(C)CC)(CC(C)C(CC)CCC)CC(C)(CC)CCCC. The molecule has 0 aromatic carbocycles. The molecule has 0 saturated carbocycles. The van der Waals surface area contributed by atoms with Crippen LogP contribution in [0.4, 0.5) is 0 Å². The zero-order chi connectivity index (χ0) is 74.1. The van der Waals surface area contributed by atoms with Crippen LogP contribution in [0, 0.1) is 121 Å². The maximum atomic E-state index is 3.22. The number of unbranched alkanes of at least 4 members (excludes halogenated alkanes) is 4. The molecule has 0 N–H and O–H groups in total. The van der Waals surface area contributed by atoms with Crippen LogP contribution >= 0.6 is 0 Å². The molecule has 584 valence electrons. The van der Waals surface area contributed by atoms with Gasteiger partial charge in [-0.3, -0.25) is 0 Å². The molecule has 17 atom stereocenters.